The number of aryl methyl sites for hydroxylation is 1. The number of para-hydroxylation sites is 1. The Bertz CT molecular complexity index is 1380. The summed E-state index contributed by atoms with van der Waals surface area (Å²) >= 11 is 0. The Balaban J connectivity index is 1.35. The maximum atomic E-state index is 13.2. The van der Waals surface area contributed by atoms with E-state index in [0.717, 1.165) is 64.0 Å². The number of esters is 1. The predicted molar refractivity (Wildman–Crippen MR) is 140 cm³/mol. The van der Waals surface area contributed by atoms with E-state index in [4.69, 9.17) is 19.2 Å². The summed E-state index contributed by atoms with van der Waals surface area (Å²) in [5.41, 5.74) is 4.88. The number of aromatic nitrogens is 1. The highest BCUT2D eigenvalue weighted by Crippen LogP contribution is 2.31. The molecule has 1 aliphatic carbocycles. The molecule has 0 spiro atoms. The fourth-order valence-electron chi connectivity index (χ4n) is 4.80. The van der Waals surface area contributed by atoms with Crippen molar-refractivity contribution in [3.8, 4) is 11.5 Å². The highest BCUT2D eigenvalue weighted by atomic mass is 16.5. The van der Waals surface area contributed by atoms with E-state index < -0.39 is 24.5 Å². The van der Waals surface area contributed by atoms with Crippen molar-refractivity contribution in [3.05, 3.63) is 101 Å². The number of methoxy groups -OCH3 is 2. The molecule has 0 atom stereocenters. The van der Waals surface area contributed by atoms with Crippen LogP contribution in [0.5, 0.6) is 11.5 Å². The van der Waals surface area contributed by atoms with Crippen molar-refractivity contribution >= 4 is 22.8 Å². The SMILES string of the molecule is COc1ccc(C(NC(=O)COC(=O)c2c3c(nc4ccccc24)CCC3)c2ccc(OC)cc2)cc1. The van der Waals surface area contributed by atoms with Gasteiger partial charge < -0.3 is 19.5 Å². The standard InChI is InChI=1S/C30H28N2O5/c1-35-21-14-10-19(11-15-21)29(20-12-16-22(36-2)17-13-20)32-27(33)18-37-30(34)28-23-6-3-4-8-25(23)31-26-9-5-7-24(26)28/h3-4,6,8,10-17,29H,5,7,9,18H2,1-2H3,(H,32,33). The number of carbonyl (C=O) groups excluding carboxylic acids is 2. The fourth-order valence-corrected chi connectivity index (χ4v) is 4.80. The summed E-state index contributed by atoms with van der Waals surface area (Å²) in [6.07, 6.45) is 2.57. The van der Waals surface area contributed by atoms with Crippen molar-refractivity contribution in [2.45, 2.75) is 25.3 Å². The van der Waals surface area contributed by atoms with E-state index in [1.165, 1.54) is 0 Å². The van der Waals surface area contributed by atoms with Gasteiger partial charge in [-0.25, -0.2) is 4.79 Å². The van der Waals surface area contributed by atoms with E-state index in [9.17, 15) is 9.59 Å². The summed E-state index contributed by atoms with van der Waals surface area (Å²) in [4.78, 5) is 31.0. The third-order valence-corrected chi connectivity index (χ3v) is 6.66. The van der Waals surface area contributed by atoms with Gasteiger partial charge in [0.2, 0.25) is 0 Å². The average molecular weight is 497 g/mol. The van der Waals surface area contributed by atoms with Crippen LogP contribution >= 0.6 is 0 Å². The van der Waals surface area contributed by atoms with Gasteiger partial charge in [0.25, 0.3) is 5.91 Å². The fraction of sp³-hybridized carbons (Fsp3) is 0.233. The summed E-state index contributed by atoms with van der Waals surface area (Å²) in [5, 5.41) is 3.76. The first-order valence-corrected chi connectivity index (χ1v) is 12.2. The highest BCUT2D eigenvalue weighted by Gasteiger charge is 2.25. The van der Waals surface area contributed by atoms with Crippen LogP contribution in [0.1, 0.15) is 45.2 Å². The number of fused-ring (bicyclic) bond motifs is 2. The number of amides is 1. The smallest absolute Gasteiger partial charge is 0.339 e. The van der Waals surface area contributed by atoms with Crippen LogP contribution in [0.4, 0.5) is 0 Å². The summed E-state index contributed by atoms with van der Waals surface area (Å²) in [6.45, 7) is -0.396. The topological polar surface area (TPSA) is 86.8 Å². The van der Waals surface area contributed by atoms with Crippen LogP contribution in [0, 0.1) is 0 Å². The van der Waals surface area contributed by atoms with Gasteiger partial charge >= 0.3 is 5.97 Å². The van der Waals surface area contributed by atoms with Gasteiger partial charge in [0.15, 0.2) is 6.61 Å². The van der Waals surface area contributed by atoms with Crippen LogP contribution in [-0.4, -0.2) is 37.7 Å². The molecule has 0 fully saturated rings. The Kier molecular flexibility index (Phi) is 7.03. The van der Waals surface area contributed by atoms with Gasteiger partial charge in [-0.15, -0.1) is 0 Å². The molecule has 1 aliphatic rings. The molecule has 1 heterocycles. The molecule has 0 bridgehead atoms. The Morgan fingerprint density at radius 2 is 1.49 bits per heavy atom. The van der Waals surface area contributed by atoms with Crippen molar-refractivity contribution in [2.75, 3.05) is 20.8 Å². The van der Waals surface area contributed by atoms with Crippen LogP contribution in [0.25, 0.3) is 10.9 Å². The Morgan fingerprint density at radius 3 is 2.11 bits per heavy atom. The lowest BCUT2D eigenvalue weighted by molar-refractivity contribution is -0.124. The van der Waals surface area contributed by atoms with Crippen LogP contribution in [0.15, 0.2) is 72.8 Å². The molecular formula is C30H28N2O5. The zero-order valence-corrected chi connectivity index (χ0v) is 20.8. The van der Waals surface area contributed by atoms with Gasteiger partial charge in [-0.2, -0.15) is 0 Å². The first kappa shape index (κ1) is 24.3. The molecule has 0 radical (unpaired) electrons. The largest absolute Gasteiger partial charge is 0.497 e. The molecule has 0 saturated heterocycles. The van der Waals surface area contributed by atoms with Crippen molar-refractivity contribution in [1.29, 1.82) is 0 Å². The van der Waals surface area contributed by atoms with Crippen LogP contribution in [0.2, 0.25) is 0 Å². The zero-order valence-electron chi connectivity index (χ0n) is 20.8. The third-order valence-electron chi connectivity index (χ3n) is 6.66. The molecule has 3 aromatic carbocycles. The first-order valence-electron chi connectivity index (χ1n) is 12.2. The number of rotatable bonds is 8. The molecule has 7 heteroatoms. The predicted octanol–water partition coefficient (Wildman–Crippen LogP) is 4.80. The van der Waals surface area contributed by atoms with Gasteiger partial charge in [0.05, 0.1) is 31.3 Å². The number of hydrogen-bond acceptors (Lipinski definition) is 6. The lowest BCUT2D eigenvalue weighted by atomic mass is 9.98. The molecule has 1 aromatic heterocycles. The second-order valence-corrected chi connectivity index (χ2v) is 8.91. The van der Waals surface area contributed by atoms with Gasteiger partial charge in [-0.3, -0.25) is 9.78 Å². The molecule has 7 nitrogen and oxygen atoms in total. The minimum Gasteiger partial charge on any atom is -0.497 e. The summed E-state index contributed by atoms with van der Waals surface area (Å²) in [5.74, 6) is 0.529. The number of ether oxygens (including phenoxy) is 3. The molecule has 1 N–H and O–H groups in total. The van der Waals surface area contributed by atoms with E-state index >= 15 is 0 Å². The number of benzene rings is 3. The maximum absolute atomic E-state index is 13.2. The van der Waals surface area contributed by atoms with Gasteiger partial charge in [0, 0.05) is 11.1 Å². The average Bonchev–Trinajstić information content (AvgIpc) is 3.41. The van der Waals surface area contributed by atoms with E-state index in [2.05, 4.69) is 5.32 Å². The number of nitrogens with zero attached hydrogens (tertiary/aromatic N) is 1. The van der Waals surface area contributed by atoms with E-state index in [0.29, 0.717) is 5.56 Å². The summed E-state index contributed by atoms with van der Waals surface area (Å²) < 4.78 is 16.1. The van der Waals surface area contributed by atoms with Gasteiger partial charge in [-0.1, -0.05) is 42.5 Å². The number of hydrogen-bond donors (Lipinski definition) is 1. The minimum atomic E-state index is -0.502. The van der Waals surface area contributed by atoms with Crippen LogP contribution in [-0.2, 0) is 22.4 Å². The summed E-state index contributed by atoms with van der Waals surface area (Å²) in [6, 6.07) is 22.0. The van der Waals surface area contributed by atoms with E-state index in [1.807, 2.05) is 72.8 Å². The molecular weight excluding hydrogens is 468 g/mol. The first-order chi connectivity index (χ1) is 18.1. The molecule has 0 aliphatic heterocycles. The second kappa shape index (κ2) is 10.7. The lowest BCUT2D eigenvalue weighted by Crippen LogP contribution is -2.33. The molecule has 4 aromatic rings. The van der Waals surface area contributed by atoms with Crippen molar-refractivity contribution < 1.29 is 23.8 Å². The Morgan fingerprint density at radius 1 is 0.865 bits per heavy atom. The molecule has 188 valence electrons. The van der Waals surface area contributed by atoms with Crippen LogP contribution in [0.3, 0.4) is 0 Å². The molecule has 1 amide bonds. The highest BCUT2D eigenvalue weighted by molar-refractivity contribution is 6.05. The monoisotopic (exact) mass is 496 g/mol. The second-order valence-electron chi connectivity index (χ2n) is 8.91. The third kappa shape index (κ3) is 5.11. The molecule has 0 saturated carbocycles. The number of nitrogens with one attached hydrogen (secondary N) is 1. The Hall–Kier alpha value is -4.39. The number of pyridine rings is 1. The van der Waals surface area contributed by atoms with Gasteiger partial charge in [-0.05, 0) is 66.3 Å². The Labute approximate surface area is 215 Å². The van der Waals surface area contributed by atoms with Crippen molar-refractivity contribution in [1.82, 2.24) is 10.3 Å². The van der Waals surface area contributed by atoms with E-state index in [1.54, 1.807) is 14.2 Å². The zero-order chi connectivity index (χ0) is 25.8. The molecule has 0 unspecified atom stereocenters. The summed E-state index contributed by atoms with van der Waals surface area (Å²) in [7, 11) is 3.21. The van der Waals surface area contributed by atoms with E-state index in [-0.39, 0.29) is 0 Å². The van der Waals surface area contributed by atoms with Crippen LogP contribution < -0.4 is 14.8 Å². The maximum Gasteiger partial charge on any atom is 0.339 e. The van der Waals surface area contributed by atoms with Crippen molar-refractivity contribution in [3.63, 3.8) is 0 Å². The van der Waals surface area contributed by atoms with Gasteiger partial charge in [0.1, 0.15) is 11.5 Å². The normalized spacial score (nSPS) is 12.3. The quantitative estimate of drug-likeness (QED) is 0.353. The molecule has 5 rings (SSSR count). The molecule has 37 heavy (non-hydrogen) atoms. The lowest BCUT2D eigenvalue weighted by Gasteiger charge is -2.21. The number of carbonyl (C=O) groups is 2. The van der Waals surface area contributed by atoms with Crippen molar-refractivity contribution in [2.24, 2.45) is 0 Å². The minimum absolute atomic E-state index is 0.396.